The van der Waals surface area contributed by atoms with Gasteiger partial charge in [0.25, 0.3) is 0 Å². The quantitative estimate of drug-likeness (QED) is 0.800. The Morgan fingerprint density at radius 2 is 2.12 bits per heavy atom. The number of carboxylic acid groups (broad SMARTS) is 1. The van der Waals surface area contributed by atoms with Gasteiger partial charge in [0.15, 0.2) is 0 Å². The molecule has 0 aliphatic heterocycles. The van der Waals surface area contributed by atoms with Gasteiger partial charge in [0.05, 0.1) is 5.69 Å². The van der Waals surface area contributed by atoms with Crippen LogP contribution < -0.4 is 5.32 Å². The topological polar surface area (TPSA) is 92.9 Å². The number of para-hydroxylation sites is 1. The second kappa shape index (κ2) is 4.60. The summed E-state index contributed by atoms with van der Waals surface area (Å²) in [5.74, 6) is -0.668. The molecule has 1 heterocycles. The first-order valence-corrected chi connectivity index (χ1v) is 5.01. The standard InChI is InChI=1S/C10H11N5O2/c1-7(9(16)17)11-10-12-13-14-15(10)8-5-3-2-4-6-8/h2-7H,1H3,(H,16,17)(H,11,12,14). The number of hydrogen-bond donors (Lipinski definition) is 2. The van der Waals surface area contributed by atoms with E-state index in [2.05, 4.69) is 20.8 Å². The van der Waals surface area contributed by atoms with Crippen LogP contribution in [0.3, 0.4) is 0 Å². The van der Waals surface area contributed by atoms with E-state index >= 15 is 0 Å². The lowest BCUT2D eigenvalue weighted by Gasteiger charge is -2.09. The van der Waals surface area contributed by atoms with Crippen LogP contribution in [0.4, 0.5) is 5.95 Å². The number of hydrogen-bond acceptors (Lipinski definition) is 5. The number of aromatic nitrogens is 4. The Kier molecular flexibility index (Phi) is 2.99. The predicted octanol–water partition coefficient (Wildman–Crippen LogP) is 0.547. The highest BCUT2D eigenvalue weighted by atomic mass is 16.4. The molecular formula is C10H11N5O2. The number of nitrogens with one attached hydrogen (secondary N) is 1. The normalized spacial score (nSPS) is 12.1. The first-order valence-electron chi connectivity index (χ1n) is 5.01. The maximum absolute atomic E-state index is 10.7. The van der Waals surface area contributed by atoms with Gasteiger partial charge in [0, 0.05) is 0 Å². The van der Waals surface area contributed by atoms with Crippen molar-refractivity contribution in [2.75, 3.05) is 5.32 Å². The second-order valence-corrected chi connectivity index (χ2v) is 3.45. The highest BCUT2D eigenvalue weighted by Crippen LogP contribution is 2.11. The van der Waals surface area contributed by atoms with E-state index in [1.165, 1.54) is 11.6 Å². The zero-order valence-electron chi connectivity index (χ0n) is 9.11. The van der Waals surface area contributed by atoms with Crippen molar-refractivity contribution in [1.82, 2.24) is 20.2 Å². The molecule has 0 bridgehead atoms. The lowest BCUT2D eigenvalue weighted by atomic mass is 10.3. The largest absolute Gasteiger partial charge is 0.480 e. The maximum atomic E-state index is 10.7. The summed E-state index contributed by atoms with van der Waals surface area (Å²) in [6.07, 6.45) is 0. The van der Waals surface area contributed by atoms with Crippen molar-refractivity contribution in [2.45, 2.75) is 13.0 Å². The number of benzene rings is 1. The van der Waals surface area contributed by atoms with Crippen LogP contribution in [0.1, 0.15) is 6.92 Å². The Morgan fingerprint density at radius 3 is 2.76 bits per heavy atom. The molecule has 0 spiro atoms. The zero-order chi connectivity index (χ0) is 12.3. The summed E-state index contributed by atoms with van der Waals surface area (Å²) in [4.78, 5) is 10.7. The van der Waals surface area contributed by atoms with Crippen LogP contribution in [0.5, 0.6) is 0 Å². The van der Waals surface area contributed by atoms with Crippen LogP contribution in [-0.2, 0) is 4.79 Å². The summed E-state index contributed by atoms with van der Waals surface area (Å²) in [5, 5.41) is 22.6. The number of tetrazole rings is 1. The smallest absolute Gasteiger partial charge is 0.325 e. The predicted molar refractivity (Wildman–Crippen MR) is 59.9 cm³/mol. The van der Waals surface area contributed by atoms with Gasteiger partial charge in [0.2, 0.25) is 5.95 Å². The average molecular weight is 233 g/mol. The molecule has 1 atom stereocenters. The molecule has 0 saturated heterocycles. The summed E-state index contributed by atoms with van der Waals surface area (Å²) in [5.41, 5.74) is 0.762. The van der Waals surface area contributed by atoms with Crippen LogP contribution >= 0.6 is 0 Å². The van der Waals surface area contributed by atoms with Crippen molar-refractivity contribution in [3.8, 4) is 5.69 Å². The van der Waals surface area contributed by atoms with E-state index in [0.29, 0.717) is 5.95 Å². The summed E-state index contributed by atoms with van der Waals surface area (Å²) >= 11 is 0. The van der Waals surface area contributed by atoms with E-state index in [9.17, 15) is 4.79 Å². The summed E-state index contributed by atoms with van der Waals surface area (Å²) in [6.45, 7) is 1.52. The van der Waals surface area contributed by atoms with Gasteiger partial charge in [-0.15, -0.1) is 0 Å². The lowest BCUT2D eigenvalue weighted by molar-refractivity contribution is -0.137. The van der Waals surface area contributed by atoms with Crippen LogP contribution in [0, 0.1) is 0 Å². The first kappa shape index (κ1) is 11.1. The van der Waals surface area contributed by atoms with Crippen LogP contribution in [-0.4, -0.2) is 37.3 Å². The average Bonchev–Trinajstić information content (AvgIpc) is 2.78. The molecule has 7 heteroatoms. The Labute approximate surface area is 97.1 Å². The van der Waals surface area contributed by atoms with Crippen molar-refractivity contribution in [2.24, 2.45) is 0 Å². The molecule has 1 aromatic heterocycles. The molecular weight excluding hydrogens is 222 g/mol. The van der Waals surface area contributed by atoms with Crippen LogP contribution in [0.25, 0.3) is 5.69 Å². The van der Waals surface area contributed by atoms with Gasteiger partial charge in [-0.2, -0.15) is 4.68 Å². The molecule has 0 saturated carbocycles. The molecule has 1 aromatic carbocycles. The summed E-state index contributed by atoms with van der Waals surface area (Å²) in [6, 6.07) is 8.47. The van der Waals surface area contributed by atoms with E-state index in [4.69, 9.17) is 5.11 Å². The van der Waals surface area contributed by atoms with E-state index in [1.807, 2.05) is 30.3 Å². The van der Waals surface area contributed by atoms with Crippen molar-refractivity contribution < 1.29 is 9.90 Å². The third-order valence-corrected chi connectivity index (χ3v) is 2.19. The van der Waals surface area contributed by atoms with E-state index in [1.54, 1.807) is 0 Å². The minimum atomic E-state index is -0.965. The van der Waals surface area contributed by atoms with E-state index in [0.717, 1.165) is 5.69 Å². The van der Waals surface area contributed by atoms with Crippen LogP contribution in [0.15, 0.2) is 30.3 Å². The van der Waals surface area contributed by atoms with Gasteiger partial charge in [-0.25, -0.2) is 0 Å². The molecule has 2 aromatic rings. The Bertz CT molecular complexity index is 510. The molecule has 0 radical (unpaired) electrons. The lowest BCUT2D eigenvalue weighted by Crippen LogP contribution is -2.27. The third kappa shape index (κ3) is 2.39. The Balaban J connectivity index is 2.26. The highest BCUT2D eigenvalue weighted by molar-refractivity contribution is 5.75. The molecule has 0 fully saturated rings. The second-order valence-electron chi connectivity index (χ2n) is 3.45. The Hall–Kier alpha value is -2.44. The number of carbonyl (C=O) groups is 1. The van der Waals surface area contributed by atoms with Gasteiger partial charge in [-0.1, -0.05) is 23.3 Å². The molecule has 1 unspecified atom stereocenters. The highest BCUT2D eigenvalue weighted by Gasteiger charge is 2.15. The molecule has 7 nitrogen and oxygen atoms in total. The zero-order valence-corrected chi connectivity index (χ0v) is 9.11. The molecule has 2 N–H and O–H groups in total. The van der Waals surface area contributed by atoms with Gasteiger partial charge in [0.1, 0.15) is 6.04 Å². The molecule has 88 valence electrons. The van der Waals surface area contributed by atoms with Gasteiger partial charge in [-0.05, 0) is 29.5 Å². The van der Waals surface area contributed by atoms with Crippen molar-refractivity contribution in [3.63, 3.8) is 0 Å². The number of nitrogens with zero attached hydrogens (tertiary/aromatic N) is 4. The number of aliphatic carboxylic acids is 1. The summed E-state index contributed by atoms with van der Waals surface area (Å²) < 4.78 is 1.44. The number of anilines is 1. The fraction of sp³-hybridized carbons (Fsp3) is 0.200. The minimum Gasteiger partial charge on any atom is -0.480 e. The number of carboxylic acids is 1. The number of rotatable bonds is 4. The van der Waals surface area contributed by atoms with E-state index < -0.39 is 12.0 Å². The van der Waals surface area contributed by atoms with Crippen molar-refractivity contribution >= 4 is 11.9 Å². The SMILES string of the molecule is CC(Nc1nnnn1-c1ccccc1)C(=O)O. The van der Waals surface area contributed by atoms with Crippen LogP contribution in [0.2, 0.25) is 0 Å². The van der Waals surface area contributed by atoms with Gasteiger partial charge in [-0.3, -0.25) is 4.79 Å². The third-order valence-electron chi connectivity index (χ3n) is 2.19. The molecule has 2 rings (SSSR count). The van der Waals surface area contributed by atoms with Gasteiger partial charge < -0.3 is 10.4 Å². The van der Waals surface area contributed by atoms with Gasteiger partial charge >= 0.3 is 5.97 Å². The first-order chi connectivity index (χ1) is 8.18. The van der Waals surface area contributed by atoms with E-state index in [-0.39, 0.29) is 0 Å². The molecule has 0 aliphatic rings. The monoisotopic (exact) mass is 233 g/mol. The molecule has 17 heavy (non-hydrogen) atoms. The molecule has 0 aliphatic carbocycles. The summed E-state index contributed by atoms with van der Waals surface area (Å²) in [7, 11) is 0. The fourth-order valence-corrected chi connectivity index (χ4v) is 1.28. The van der Waals surface area contributed by atoms with Crippen molar-refractivity contribution in [3.05, 3.63) is 30.3 Å². The van der Waals surface area contributed by atoms with Crippen molar-refractivity contribution in [1.29, 1.82) is 0 Å². The maximum Gasteiger partial charge on any atom is 0.325 e. The Morgan fingerprint density at radius 1 is 1.41 bits per heavy atom. The fourth-order valence-electron chi connectivity index (χ4n) is 1.28. The molecule has 0 amide bonds. The minimum absolute atomic E-state index is 0.297.